The maximum absolute atomic E-state index is 9.95. The van der Waals surface area contributed by atoms with Crippen LogP contribution in [0.25, 0.3) is 11.1 Å². The third-order valence-corrected chi connectivity index (χ3v) is 3.76. The predicted molar refractivity (Wildman–Crippen MR) is 75.2 cm³/mol. The zero-order valence-corrected chi connectivity index (χ0v) is 10.9. The molecule has 3 heteroatoms. The van der Waals surface area contributed by atoms with Crippen molar-refractivity contribution in [1.82, 2.24) is 0 Å². The summed E-state index contributed by atoms with van der Waals surface area (Å²) in [6, 6.07) is 13.3. The first-order valence-corrected chi connectivity index (χ1v) is 6.39. The van der Waals surface area contributed by atoms with Gasteiger partial charge in [0, 0.05) is 11.1 Å². The summed E-state index contributed by atoms with van der Waals surface area (Å²) in [6.07, 6.45) is 2.10. The average molecular weight is 255 g/mol. The van der Waals surface area contributed by atoms with Gasteiger partial charge < -0.3 is 15.6 Å². The van der Waals surface area contributed by atoms with Crippen LogP contribution in [-0.4, -0.2) is 12.2 Å². The van der Waals surface area contributed by atoms with E-state index in [1.165, 1.54) is 5.56 Å². The summed E-state index contributed by atoms with van der Waals surface area (Å²) in [5.74, 6) is 0.983. The molecule has 98 valence electrons. The molecule has 0 spiro atoms. The lowest BCUT2D eigenvalue weighted by molar-refractivity contribution is 0.412. The lowest BCUT2D eigenvalue weighted by atomic mass is 9.99. The number of ether oxygens (including phenoxy) is 1. The Balaban J connectivity index is 1.97. The third-order valence-electron chi connectivity index (χ3n) is 3.76. The molecule has 0 atom stereocenters. The zero-order chi connectivity index (χ0) is 13.5. The molecule has 0 radical (unpaired) electrons. The minimum Gasteiger partial charge on any atom is -0.507 e. The Kier molecular flexibility index (Phi) is 2.72. The number of phenolic OH excluding ortho intramolecular Hbond substituents is 1. The van der Waals surface area contributed by atoms with E-state index in [0.717, 1.165) is 29.7 Å². The molecule has 1 fully saturated rings. The van der Waals surface area contributed by atoms with Crippen LogP contribution >= 0.6 is 0 Å². The van der Waals surface area contributed by atoms with Gasteiger partial charge in [-0.05, 0) is 42.2 Å². The lowest BCUT2D eigenvalue weighted by Crippen LogP contribution is -2.18. The standard InChI is InChI=1S/C16H17NO2/c1-19-13-6-7-15(18)14(10-13)11-2-4-12(5-3-11)16(17)8-9-16/h2-7,10,18H,8-9,17H2,1H3. The van der Waals surface area contributed by atoms with Crippen LogP contribution in [0.4, 0.5) is 0 Å². The Morgan fingerprint density at radius 2 is 1.79 bits per heavy atom. The minimum atomic E-state index is -0.116. The van der Waals surface area contributed by atoms with Crippen LogP contribution in [0.5, 0.6) is 11.5 Å². The fourth-order valence-electron chi connectivity index (χ4n) is 2.28. The fraction of sp³-hybridized carbons (Fsp3) is 0.250. The summed E-state index contributed by atoms with van der Waals surface area (Å²) in [5.41, 5.74) is 8.95. The maximum Gasteiger partial charge on any atom is 0.123 e. The van der Waals surface area contributed by atoms with E-state index >= 15 is 0 Å². The summed E-state index contributed by atoms with van der Waals surface area (Å²) in [4.78, 5) is 0. The molecule has 3 N–H and O–H groups in total. The zero-order valence-electron chi connectivity index (χ0n) is 10.9. The molecular weight excluding hydrogens is 238 g/mol. The van der Waals surface area contributed by atoms with E-state index in [0.29, 0.717) is 0 Å². The second-order valence-corrected chi connectivity index (χ2v) is 5.12. The molecule has 1 aliphatic carbocycles. The molecular formula is C16H17NO2. The summed E-state index contributed by atoms with van der Waals surface area (Å²) >= 11 is 0. The third kappa shape index (κ3) is 2.17. The first-order chi connectivity index (χ1) is 9.12. The average Bonchev–Trinajstić information content (AvgIpc) is 3.19. The van der Waals surface area contributed by atoms with Crippen molar-refractivity contribution < 1.29 is 9.84 Å². The molecule has 0 bridgehead atoms. The highest BCUT2D eigenvalue weighted by Gasteiger charge is 2.39. The molecule has 0 aromatic heterocycles. The van der Waals surface area contributed by atoms with E-state index < -0.39 is 0 Å². The van der Waals surface area contributed by atoms with Gasteiger partial charge in [-0.3, -0.25) is 0 Å². The Morgan fingerprint density at radius 1 is 1.11 bits per heavy atom. The van der Waals surface area contributed by atoms with Crippen molar-refractivity contribution in [2.75, 3.05) is 7.11 Å². The Hall–Kier alpha value is -2.00. The molecule has 1 saturated carbocycles. The number of benzene rings is 2. The van der Waals surface area contributed by atoms with Crippen molar-refractivity contribution in [3.05, 3.63) is 48.0 Å². The molecule has 2 aromatic rings. The van der Waals surface area contributed by atoms with Crippen molar-refractivity contribution in [1.29, 1.82) is 0 Å². The molecule has 0 amide bonds. The van der Waals surface area contributed by atoms with Gasteiger partial charge in [0.1, 0.15) is 11.5 Å². The second kappa shape index (κ2) is 4.28. The number of phenols is 1. The second-order valence-electron chi connectivity index (χ2n) is 5.12. The van der Waals surface area contributed by atoms with Gasteiger partial charge in [0.05, 0.1) is 7.11 Å². The van der Waals surface area contributed by atoms with E-state index in [1.807, 2.05) is 30.3 Å². The number of nitrogens with two attached hydrogens (primary N) is 1. The molecule has 0 saturated heterocycles. The van der Waals surface area contributed by atoms with Gasteiger partial charge in [0.25, 0.3) is 0 Å². The first kappa shape index (κ1) is 12.1. The largest absolute Gasteiger partial charge is 0.507 e. The minimum absolute atomic E-state index is 0.116. The summed E-state index contributed by atoms with van der Waals surface area (Å²) in [6.45, 7) is 0. The quantitative estimate of drug-likeness (QED) is 0.886. The number of hydrogen-bond donors (Lipinski definition) is 2. The van der Waals surface area contributed by atoms with E-state index in [9.17, 15) is 5.11 Å². The summed E-state index contributed by atoms with van der Waals surface area (Å²) in [5, 5.41) is 9.95. The van der Waals surface area contributed by atoms with Crippen LogP contribution in [0, 0.1) is 0 Å². The molecule has 3 nitrogen and oxygen atoms in total. The van der Waals surface area contributed by atoms with Crippen molar-refractivity contribution in [2.45, 2.75) is 18.4 Å². The SMILES string of the molecule is COc1ccc(O)c(-c2ccc(C3(N)CC3)cc2)c1. The lowest BCUT2D eigenvalue weighted by Gasteiger charge is -2.11. The molecule has 3 rings (SSSR count). The predicted octanol–water partition coefficient (Wildman–Crippen LogP) is 3.02. The summed E-state index contributed by atoms with van der Waals surface area (Å²) < 4.78 is 5.19. The van der Waals surface area contributed by atoms with E-state index in [1.54, 1.807) is 19.2 Å². The molecule has 0 heterocycles. The van der Waals surface area contributed by atoms with Crippen molar-refractivity contribution in [2.24, 2.45) is 5.73 Å². The van der Waals surface area contributed by atoms with Crippen molar-refractivity contribution in [3.8, 4) is 22.6 Å². The first-order valence-electron chi connectivity index (χ1n) is 6.39. The fourth-order valence-corrected chi connectivity index (χ4v) is 2.28. The van der Waals surface area contributed by atoms with Crippen LogP contribution in [0.3, 0.4) is 0 Å². The monoisotopic (exact) mass is 255 g/mol. The highest BCUT2D eigenvalue weighted by molar-refractivity contribution is 5.72. The molecule has 0 unspecified atom stereocenters. The van der Waals surface area contributed by atoms with Gasteiger partial charge in [-0.2, -0.15) is 0 Å². The Bertz CT molecular complexity index is 601. The normalized spacial score (nSPS) is 16.1. The Morgan fingerprint density at radius 3 is 2.37 bits per heavy atom. The van der Waals surface area contributed by atoms with Crippen LogP contribution in [0.15, 0.2) is 42.5 Å². The topological polar surface area (TPSA) is 55.5 Å². The maximum atomic E-state index is 9.95. The van der Waals surface area contributed by atoms with E-state index in [-0.39, 0.29) is 11.3 Å². The van der Waals surface area contributed by atoms with Crippen LogP contribution < -0.4 is 10.5 Å². The van der Waals surface area contributed by atoms with Gasteiger partial charge in [-0.15, -0.1) is 0 Å². The molecule has 0 aliphatic heterocycles. The molecule has 19 heavy (non-hydrogen) atoms. The van der Waals surface area contributed by atoms with Gasteiger partial charge in [-0.1, -0.05) is 24.3 Å². The van der Waals surface area contributed by atoms with Crippen LogP contribution in [-0.2, 0) is 5.54 Å². The summed E-state index contributed by atoms with van der Waals surface area (Å²) in [7, 11) is 1.62. The highest BCUT2D eigenvalue weighted by atomic mass is 16.5. The number of hydrogen-bond acceptors (Lipinski definition) is 3. The van der Waals surface area contributed by atoms with Gasteiger partial charge >= 0.3 is 0 Å². The van der Waals surface area contributed by atoms with E-state index in [4.69, 9.17) is 10.5 Å². The van der Waals surface area contributed by atoms with Crippen molar-refractivity contribution in [3.63, 3.8) is 0 Å². The van der Waals surface area contributed by atoms with E-state index in [2.05, 4.69) is 0 Å². The Labute approximate surface area is 112 Å². The number of rotatable bonds is 3. The molecule has 1 aliphatic rings. The van der Waals surface area contributed by atoms with Crippen LogP contribution in [0.1, 0.15) is 18.4 Å². The van der Waals surface area contributed by atoms with Crippen molar-refractivity contribution >= 4 is 0 Å². The number of methoxy groups -OCH3 is 1. The van der Waals surface area contributed by atoms with Gasteiger partial charge in [-0.25, -0.2) is 0 Å². The van der Waals surface area contributed by atoms with Gasteiger partial charge in [0.15, 0.2) is 0 Å². The smallest absolute Gasteiger partial charge is 0.123 e. The van der Waals surface area contributed by atoms with Crippen LogP contribution in [0.2, 0.25) is 0 Å². The number of aromatic hydroxyl groups is 1. The molecule has 2 aromatic carbocycles. The highest BCUT2D eigenvalue weighted by Crippen LogP contribution is 2.43. The van der Waals surface area contributed by atoms with Gasteiger partial charge in [0.2, 0.25) is 0 Å².